The Morgan fingerprint density at radius 3 is 2.25 bits per heavy atom. The Balaban J connectivity index is 1.50. The molecule has 2 amide bonds. The average Bonchev–Trinajstić information content (AvgIpc) is 2.77. The lowest BCUT2D eigenvalue weighted by Crippen LogP contribution is -2.51. The predicted octanol–water partition coefficient (Wildman–Crippen LogP) is 4.35. The number of hydrogen-bond acceptors (Lipinski definition) is 4. The van der Waals surface area contributed by atoms with Crippen molar-refractivity contribution in [2.45, 2.75) is 63.6 Å². The molecule has 6 nitrogen and oxygen atoms in total. The van der Waals surface area contributed by atoms with Crippen LogP contribution in [0.4, 0.5) is 5.69 Å². The highest BCUT2D eigenvalue weighted by atomic mass is 16.5. The summed E-state index contributed by atoms with van der Waals surface area (Å²) in [5.74, 6) is 0.966. The third kappa shape index (κ3) is 5.13. The summed E-state index contributed by atoms with van der Waals surface area (Å²) in [6.45, 7) is 0.486. The lowest BCUT2D eigenvalue weighted by molar-refractivity contribution is -0.122. The van der Waals surface area contributed by atoms with Crippen molar-refractivity contribution in [3.63, 3.8) is 0 Å². The Kier molecular flexibility index (Phi) is 7.10. The van der Waals surface area contributed by atoms with E-state index in [1.54, 1.807) is 7.11 Å². The van der Waals surface area contributed by atoms with Gasteiger partial charge in [0.15, 0.2) is 0 Å². The van der Waals surface area contributed by atoms with Crippen molar-refractivity contribution in [3.8, 4) is 5.75 Å². The quantitative estimate of drug-likeness (QED) is 0.677. The Hall–Kier alpha value is -2.86. The minimum absolute atomic E-state index is 0.0105. The lowest BCUT2D eigenvalue weighted by atomic mass is 9.85. The van der Waals surface area contributed by atoms with Crippen molar-refractivity contribution in [1.82, 2.24) is 4.90 Å². The van der Waals surface area contributed by atoms with Crippen LogP contribution >= 0.6 is 0 Å². The third-order valence-corrected chi connectivity index (χ3v) is 6.83. The topological polar surface area (TPSA) is 84.7 Å². The fourth-order valence-corrected chi connectivity index (χ4v) is 4.57. The molecule has 2 aromatic carbocycles. The minimum atomic E-state index is -0.0213. The zero-order chi connectivity index (χ0) is 22.5. The summed E-state index contributed by atoms with van der Waals surface area (Å²) in [5, 5.41) is 3.00. The number of carbonyl (C=O) groups is 2. The summed E-state index contributed by atoms with van der Waals surface area (Å²) in [5.41, 5.74) is 8.91. The minimum Gasteiger partial charge on any atom is -0.497 e. The first-order valence-electron chi connectivity index (χ1n) is 11.7. The molecule has 32 heavy (non-hydrogen) atoms. The van der Waals surface area contributed by atoms with Crippen molar-refractivity contribution in [2.24, 2.45) is 11.7 Å². The van der Waals surface area contributed by atoms with Gasteiger partial charge < -0.3 is 20.7 Å². The molecule has 0 bridgehead atoms. The molecule has 3 N–H and O–H groups in total. The van der Waals surface area contributed by atoms with Gasteiger partial charge in [-0.15, -0.1) is 0 Å². The Bertz CT molecular complexity index is 922. The van der Waals surface area contributed by atoms with Gasteiger partial charge >= 0.3 is 0 Å². The first-order chi connectivity index (χ1) is 15.5. The molecular weight excluding hydrogens is 402 g/mol. The van der Waals surface area contributed by atoms with Crippen molar-refractivity contribution < 1.29 is 14.3 Å². The van der Waals surface area contributed by atoms with Crippen molar-refractivity contribution in [2.75, 3.05) is 12.4 Å². The van der Waals surface area contributed by atoms with Gasteiger partial charge in [0.05, 0.1) is 7.11 Å². The number of methoxy groups -OCH3 is 1. The molecule has 4 rings (SSSR count). The highest BCUT2D eigenvalue weighted by molar-refractivity contribution is 5.95. The van der Waals surface area contributed by atoms with E-state index in [-0.39, 0.29) is 29.8 Å². The van der Waals surface area contributed by atoms with E-state index >= 15 is 0 Å². The number of nitrogens with zero attached hydrogens (tertiary/aromatic N) is 1. The summed E-state index contributed by atoms with van der Waals surface area (Å²) >= 11 is 0. The standard InChI is InChI=1S/C26H33N3O3/c1-32-22-15-11-20(12-16-22)26(31)29(24-8-3-2-7-23(24)27)17-18-9-13-21(14-10-18)28-25(30)19-5-4-6-19/h9-16,19,23-24H,2-8,17,27H2,1H3,(H,28,30). The fraction of sp³-hybridized carbons (Fsp3) is 0.462. The van der Waals surface area contributed by atoms with Crippen LogP contribution in [-0.2, 0) is 11.3 Å². The van der Waals surface area contributed by atoms with Crippen LogP contribution in [0.2, 0.25) is 0 Å². The number of hydrogen-bond donors (Lipinski definition) is 2. The molecule has 0 radical (unpaired) electrons. The molecule has 0 aromatic heterocycles. The zero-order valence-corrected chi connectivity index (χ0v) is 18.8. The molecule has 0 spiro atoms. The van der Waals surface area contributed by atoms with Gasteiger partial charge in [0.25, 0.3) is 5.91 Å². The van der Waals surface area contributed by atoms with E-state index in [2.05, 4.69) is 5.32 Å². The van der Waals surface area contributed by atoms with Gasteiger partial charge in [-0.05, 0) is 67.6 Å². The first-order valence-corrected chi connectivity index (χ1v) is 11.7. The molecular formula is C26H33N3O3. The van der Waals surface area contributed by atoms with Crippen molar-refractivity contribution in [3.05, 3.63) is 59.7 Å². The van der Waals surface area contributed by atoms with Crippen LogP contribution in [-0.4, -0.2) is 35.9 Å². The lowest BCUT2D eigenvalue weighted by Gasteiger charge is -2.38. The second-order valence-corrected chi connectivity index (χ2v) is 8.99. The van der Waals surface area contributed by atoms with Gasteiger partial charge in [-0.25, -0.2) is 0 Å². The van der Waals surface area contributed by atoms with Crippen LogP contribution in [0, 0.1) is 5.92 Å². The van der Waals surface area contributed by atoms with Gasteiger partial charge in [0.2, 0.25) is 5.91 Å². The molecule has 2 aliphatic carbocycles. The first kappa shape index (κ1) is 22.3. The molecule has 2 saturated carbocycles. The van der Waals surface area contributed by atoms with Gasteiger partial charge in [-0.2, -0.15) is 0 Å². The van der Waals surface area contributed by atoms with Gasteiger partial charge in [0.1, 0.15) is 5.75 Å². The van der Waals surface area contributed by atoms with Gasteiger partial charge in [-0.1, -0.05) is 31.4 Å². The average molecular weight is 436 g/mol. The van der Waals surface area contributed by atoms with Gasteiger partial charge in [0, 0.05) is 35.8 Å². The smallest absolute Gasteiger partial charge is 0.254 e. The van der Waals surface area contributed by atoms with E-state index in [0.717, 1.165) is 61.9 Å². The molecule has 0 saturated heterocycles. The number of nitrogens with one attached hydrogen (secondary N) is 1. The molecule has 2 fully saturated rings. The van der Waals surface area contributed by atoms with E-state index in [0.29, 0.717) is 12.1 Å². The monoisotopic (exact) mass is 435 g/mol. The van der Waals surface area contributed by atoms with Gasteiger partial charge in [-0.3, -0.25) is 9.59 Å². The Morgan fingerprint density at radius 2 is 1.66 bits per heavy atom. The molecule has 170 valence electrons. The van der Waals surface area contributed by atoms with Crippen LogP contribution in [0.1, 0.15) is 60.9 Å². The second-order valence-electron chi connectivity index (χ2n) is 8.99. The zero-order valence-electron chi connectivity index (χ0n) is 18.8. The number of rotatable bonds is 7. The van der Waals surface area contributed by atoms with Crippen LogP contribution < -0.4 is 15.8 Å². The molecule has 2 unspecified atom stereocenters. The maximum atomic E-state index is 13.5. The number of amides is 2. The number of anilines is 1. The molecule has 2 aliphatic rings. The SMILES string of the molecule is COc1ccc(C(=O)N(Cc2ccc(NC(=O)C3CCC3)cc2)C2CCCCC2N)cc1. The van der Waals surface area contributed by atoms with Crippen LogP contribution in [0.3, 0.4) is 0 Å². The maximum absolute atomic E-state index is 13.5. The van der Waals surface area contributed by atoms with Crippen LogP contribution in [0.15, 0.2) is 48.5 Å². The molecule has 6 heteroatoms. The van der Waals surface area contributed by atoms with E-state index in [1.165, 1.54) is 0 Å². The van der Waals surface area contributed by atoms with E-state index < -0.39 is 0 Å². The second kappa shape index (κ2) is 10.2. The molecule has 0 heterocycles. The fourth-order valence-electron chi connectivity index (χ4n) is 4.57. The van der Waals surface area contributed by atoms with Crippen molar-refractivity contribution in [1.29, 1.82) is 0 Å². The Morgan fingerprint density at radius 1 is 0.969 bits per heavy atom. The maximum Gasteiger partial charge on any atom is 0.254 e. The van der Waals surface area contributed by atoms with E-state index in [4.69, 9.17) is 10.5 Å². The highest BCUT2D eigenvalue weighted by Crippen LogP contribution is 2.28. The number of ether oxygens (including phenoxy) is 1. The summed E-state index contributed by atoms with van der Waals surface area (Å²) in [6.07, 6.45) is 7.14. The number of benzene rings is 2. The molecule has 2 aromatic rings. The van der Waals surface area contributed by atoms with Crippen LogP contribution in [0.25, 0.3) is 0 Å². The molecule has 0 aliphatic heterocycles. The Labute approximate surface area is 190 Å². The predicted molar refractivity (Wildman–Crippen MR) is 126 cm³/mol. The summed E-state index contributed by atoms with van der Waals surface area (Å²) in [6, 6.07) is 15.0. The number of nitrogens with two attached hydrogens (primary N) is 1. The van der Waals surface area contributed by atoms with E-state index in [1.807, 2.05) is 53.4 Å². The van der Waals surface area contributed by atoms with E-state index in [9.17, 15) is 9.59 Å². The largest absolute Gasteiger partial charge is 0.497 e. The summed E-state index contributed by atoms with van der Waals surface area (Å²) in [4.78, 5) is 27.6. The summed E-state index contributed by atoms with van der Waals surface area (Å²) < 4.78 is 5.23. The number of carbonyl (C=O) groups excluding carboxylic acids is 2. The third-order valence-electron chi connectivity index (χ3n) is 6.83. The normalized spacial score (nSPS) is 20.8. The molecule has 2 atom stereocenters. The van der Waals surface area contributed by atoms with Crippen LogP contribution in [0.5, 0.6) is 5.75 Å². The summed E-state index contributed by atoms with van der Waals surface area (Å²) in [7, 11) is 1.61. The highest BCUT2D eigenvalue weighted by Gasteiger charge is 2.31. The van der Waals surface area contributed by atoms with Crippen molar-refractivity contribution >= 4 is 17.5 Å².